The maximum absolute atomic E-state index is 4.37. The third-order valence-corrected chi connectivity index (χ3v) is 6.68. The first-order valence-corrected chi connectivity index (χ1v) is 13.1. The van der Waals surface area contributed by atoms with Gasteiger partial charge in [-0.15, -0.1) is 22.7 Å². The standard InChI is InChI=1S/C9H9NS.C7H9N.C6H8N2.C6H9NS/c1-6-3-4-8-9(5-6)11-7(2)10-8;1-6-3-4-7(2)8-5-6;1-5-3-7-6(2)8-4-5;1-4-5(2)8-6(3)7-4/h3-5H,1-2H3;3-5H,1-2H3;3-4H,1-2H3;1-3H3. The Hall–Kier alpha value is -3.03. The zero-order valence-corrected chi connectivity index (χ0v) is 23.8. The molecule has 0 aliphatic carbocycles. The van der Waals surface area contributed by atoms with Crippen LogP contribution in [0.2, 0.25) is 0 Å². The normalized spacial score (nSPS) is 9.86. The number of aryl methyl sites for hydroxylation is 9. The van der Waals surface area contributed by atoms with Gasteiger partial charge in [-0.1, -0.05) is 12.1 Å². The summed E-state index contributed by atoms with van der Waals surface area (Å²) in [6.07, 6.45) is 5.49. The van der Waals surface area contributed by atoms with Crippen LogP contribution in [0.3, 0.4) is 0 Å². The molecule has 5 nitrogen and oxygen atoms in total. The Morgan fingerprint density at radius 3 is 1.63 bits per heavy atom. The lowest BCUT2D eigenvalue weighted by Gasteiger charge is -1.89. The fourth-order valence-electron chi connectivity index (χ4n) is 2.78. The summed E-state index contributed by atoms with van der Waals surface area (Å²) in [6.45, 7) is 18.2. The van der Waals surface area contributed by atoms with Gasteiger partial charge in [0.05, 0.1) is 25.9 Å². The Morgan fingerprint density at radius 2 is 1.17 bits per heavy atom. The van der Waals surface area contributed by atoms with Gasteiger partial charge in [0, 0.05) is 29.2 Å². The van der Waals surface area contributed by atoms with Crippen LogP contribution in [-0.4, -0.2) is 24.9 Å². The monoisotopic (exact) mass is 505 g/mol. The van der Waals surface area contributed by atoms with Crippen molar-refractivity contribution in [3.8, 4) is 0 Å². The minimum atomic E-state index is 0.829. The molecular formula is C28H35N5S2. The topological polar surface area (TPSA) is 64.5 Å². The lowest BCUT2D eigenvalue weighted by atomic mass is 10.2. The highest BCUT2D eigenvalue weighted by atomic mass is 32.1. The molecule has 0 saturated heterocycles. The van der Waals surface area contributed by atoms with E-state index >= 15 is 0 Å². The third kappa shape index (κ3) is 10.4. The number of nitrogens with zero attached hydrogens (tertiary/aromatic N) is 5. The maximum atomic E-state index is 4.37. The molecule has 0 saturated carbocycles. The fraction of sp³-hybridized carbons (Fsp3) is 0.321. The highest BCUT2D eigenvalue weighted by molar-refractivity contribution is 7.18. The molecule has 5 rings (SSSR count). The Kier molecular flexibility index (Phi) is 11.1. The Balaban J connectivity index is 0.000000167. The molecule has 4 aromatic heterocycles. The molecule has 0 bridgehead atoms. The summed E-state index contributed by atoms with van der Waals surface area (Å²) in [4.78, 5) is 22.0. The second-order valence-electron chi connectivity index (χ2n) is 8.36. The van der Waals surface area contributed by atoms with Crippen LogP contribution in [0.4, 0.5) is 0 Å². The van der Waals surface area contributed by atoms with Crippen molar-refractivity contribution >= 4 is 32.9 Å². The quantitative estimate of drug-likeness (QED) is 0.215. The van der Waals surface area contributed by atoms with E-state index in [0.717, 1.165) is 27.6 Å². The van der Waals surface area contributed by atoms with Crippen molar-refractivity contribution in [1.29, 1.82) is 0 Å². The molecule has 0 N–H and O–H groups in total. The van der Waals surface area contributed by atoms with E-state index in [1.54, 1.807) is 22.7 Å². The molecule has 0 unspecified atom stereocenters. The molecule has 0 fully saturated rings. The summed E-state index contributed by atoms with van der Waals surface area (Å²) < 4.78 is 1.29. The van der Waals surface area contributed by atoms with Crippen molar-refractivity contribution in [1.82, 2.24) is 24.9 Å². The molecule has 7 heteroatoms. The van der Waals surface area contributed by atoms with Gasteiger partial charge in [-0.2, -0.15) is 0 Å². The van der Waals surface area contributed by atoms with E-state index in [9.17, 15) is 0 Å². The highest BCUT2D eigenvalue weighted by Crippen LogP contribution is 2.21. The minimum Gasteiger partial charge on any atom is -0.261 e. The molecule has 5 aromatic rings. The smallest absolute Gasteiger partial charge is 0.125 e. The van der Waals surface area contributed by atoms with Crippen LogP contribution < -0.4 is 0 Å². The van der Waals surface area contributed by atoms with Crippen molar-refractivity contribution in [2.24, 2.45) is 0 Å². The molecule has 0 atom stereocenters. The van der Waals surface area contributed by atoms with Gasteiger partial charge >= 0.3 is 0 Å². The first kappa shape index (κ1) is 28.2. The summed E-state index contributed by atoms with van der Waals surface area (Å²) in [5.41, 5.74) is 7.01. The van der Waals surface area contributed by atoms with Crippen LogP contribution in [0, 0.1) is 62.3 Å². The lowest BCUT2D eigenvalue weighted by molar-refractivity contribution is 1.03. The molecule has 0 aliphatic heterocycles. The first-order valence-electron chi connectivity index (χ1n) is 11.4. The van der Waals surface area contributed by atoms with Crippen LogP contribution in [0.1, 0.15) is 48.8 Å². The fourth-order valence-corrected chi connectivity index (χ4v) is 4.52. The van der Waals surface area contributed by atoms with Gasteiger partial charge in [-0.3, -0.25) is 4.98 Å². The van der Waals surface area contributed by atoms with Crippen molar-refractivity contribution in [2.75, 3.05) is 0 Å². The van der Waals surface area contributed by atoms with Gasteiger partial charge < -0.3 is 0 Å². The van der Waals surface area contributed by atoms with Crippen molar-refractivity contribution < 1.29 is 0 Å². The van der Waals surface area contributed by atoms with Crippen LogP contribution in [0.5, 0.6) is 0 Å². The molecule has 35 heavy (non-hydrogen) atoms. The van der Waals surface area contributed by atoms with E-state index in [1.807, 2.05) is 73.1 Å². The number of pyridine rings is 1. The van der Waals surface area contributed by atoms with Gasteiger partial charge in [0.1, 0.15) is 5.82 Å². The number of hydrogen-bond donors (Lipinski definition) is 0. The number of benzene rings is 1. The predicted molar refractivity (Wildman–Crippen MR) is 151 cm³/mol. The Labute approximate surface area is 217 Å². The predicted octanol–water partition coefficient (Wildman–Crippen LogP) is 7.77. The average molecular weight is 506 g/mol. The van der Waals surface area contributed by atoms with Crippen molar-refractivity contribution in [3.63, 3.8) is 0 Å². The van der Waals surface area contributed by atoms with Gasteiger partial charge in [0.25, 0.3) is 0 Å². The Bertz CT molecular complexity index is 1220. The largest absolute Gasteiger partial charge is 0.261 e. The third-order valence-electron chi connectivity index (χ3n) is 4.76. The van der Waals surface area contributed by atoms with E-state index < -0.39 is 0 Å². The van der Waals surface area contributed by atoms with Gasteiger partial charge in [-0.05, 0) is 97.2 Å². The van der Waals surface area contributed by atoms with Crippen LogP contribution in [0.25, 0.3) is 10.2 Å². The Morgan fingerprint density at radius 1 is 0.571 bits per heavy atom. The van der Waals surface area contributed by atoms with Crippen molar-refractivity contribution in [3.05, 3.63) is 97.7 Å². The number of fused-ring (bicyclic) bond motifs is 1. The van der Waals surface area contributed by atoms with Gasteiger partial charge in [0.2, 0.25) is 0 Å². The molecule has 184 valence electrons. The number of rotatable bonds is 0. The second-order valence-corrected chi connectivity index (χ2v) is 11.0. The summed E-state index contributed by atoms with van der Waals surface area (Å²) >= 11 is 3.51. The molecule has 0 spiro atoms. The zero-order valence-electron chi connectivity index (χ0n) is 22.2. The molecule has 0 radical (unpaired) electrons. The van der Waals surface area contributed by atoms with E-state index in [2.05, 4.69) is 63.0 Å². The summed E-state index contributed by atoms with van der Waals surface area (Å²) in [7, 11) is 0. The van der Waals surface area contributed by atoms with Crippen LogP contribution in [-0.2, 0) is 0 Å². The second kappa shape index (κ2) is 13.8. The van der Waals surface area contributed by atoms with E-state index in [-0.39, 0.29) is 0 Å². The van der Waals surface area contributed by atoms with Crippen LogP contribution >= 0.6 is 22.7 Å². The SMILES string of the molecule is Cc1ccc(C)nc1.Cc1ccc2nc(C)sc2c1.Cc1cnc(C)nc1.Cc1nc(C)c(C)s1. The van der Waals surface area contributed by atoms with E-state index in [1.165, 1.54) is 31.4 Å². The molecule has 4 heterocycles. The summed E-state index contributed by atoms with van der Waals surface area (Å²) in [5, 5.41) is 2.31. The molecule has 1 aromatic carbocycles. The highest BCUT2D eigenvalue weighted by Gasteiger charge is 1.98. The van der Waals surface area contributed by atoms with Gasteiger partial charge in [-0.25, -0.2) is 19.9 Å². The van der Waals surface area contributed by atoms with E-state index in [4.69, 9.17) is 0 Å². The number of hydrogen-bond acceptors (Lipinski definition) is 7. The number of aromatic nitrogens is 5. The first-order chi connectivity index (χ1) is 16.5. The number of thiazole rings is 2. The molecule has 0 amide bonds. The van der Waals surface area contributed by atoms with E-state index in [0.29, 0.717) is 0 Å². The van der Waals surface area contributed by atoms with Gasteiger partial charge in [0.15, 0.2) is 0 Å². The summed E-state index contributed by atoms with van der Waals surface area (Å²) in [6, 6.07) is 10.4. The minimum absolute atomic E-state index is 0.829. The van der Waals surface area contributed by atoms with Crippen LogP contribution in [0.15, 0.2) is 48.9 Å². The lowest BCUT2D eigenvalue weighted by Crippen LogP contribution is -1.84. The average Bonchev–Trinajstić information content (AvgIpc) is 3.32. The summed E-state index contributed by atoms with van der Waals surface area (Å²) in [5.74, 6) is 0.829. The molecule has 0 aliphatic rings. The zero-order chi connectivity index (χ0) is 26.0. The molecular weight excluding hydrogens is 470 g/mol. The maximum Gasteiger partial charge on any atom is 0.125 e. The van der Waals surface area contributed by atoms with Crippen molar-refractivity contribution in [2.45, 2.75) is 62.3 Å².